The number of rotatable bonds is 5. The van der Waals surface area contributed by atoms with Crippen molar-refractivity contribution >= 4 is 55.9 Å². The predicted molar refractivity (Wildman–Crippen MR) is 125 cm³/mol. The molecule has 0 unspecified atom stereocenters. The molecule has 7 nitrogen and oxygen atoms in total. The van der Waals surface area contributed by atoms with Gasteiger partial charge in [0.2, 0.25) is 5.91 Å². The minimum absolute atomic E-state index is 0.0936. The summed E-state index contributed by atoms with van der Waals surface area (Å²) in [7, 11) is 1.83. The molecule has 3 heterocycles. The molecule has 0 radical (unpaired) electrons. The van der Waals surface area contributed by atoms with E-state index in [1.165, 1.54) is 28.4 Å². The van der Waals surface area contributed by atoms with Crippen LogP contribution >= 0.6 is 23.1 Å². The second kappa shape index (κ2) is 8.09. The number of carbonyl (C=O) groups excluding carboxylic acids is 1. The van der Waals surface area contributed by atoms with Crippen LogP contribution in [0.3, 0.4) is 0 Å². The van der Waals surface area contributed by atoms with Crippen LogP contribution in [-0.2, 0) is 11.8 Å². The lowest BCUT2D eigenvalue weighted by atomic mass is 10.2. The topological polar surface area (TPSA) is 85.6 Å². The Bertz CT molecular complexity index is 1410. The van der Waals surface area contributed by atoms with Crippen LogP contribution < -0.4 is 5.32 Å². The quantitative estimate of drug-likeness (QED) is 0.312. The van der Waals surface area contributed by atoms with Gasteiger partial charge < -0.3 is 5.32 Å². The van der Waals surface area contributed by atoms with E-state index in [1.807, 2.05) is 37.4 Å². The second-order valence-electron chi connectivity index (χ2n) is 7.09. The van der Waals surface area contributed by atoms with Gasteiger partial charge in [-0.25, -0.2) is 15.0 Å². The number of hydrogen-bond donors (Lipinski definition) is 1. The van der Waals surface area contributed by atoms with Crippen LogP contribution in [0.5, 0.6) is 0 Å². The summed E-state index contributed by atoms with van der Waals surface area (Å²) in [6, 6.07) is 14.0. The number of aromatic nitrogens is 5. The van der Waals surface area contributed by atoms with Crippen molar-refractivity contribution < 1.29 is 4.79 Å². The number of carbonyl (C=O) groups is 1. The molecule has 0 aliphatic heterocycles. The Balaban J connectivity index is 1.25. The monoisotopic (exact) mass is 446 g/mol. The zero-order chi connectivity index (χ0) is 21.4. The molecule has 0 saturated heterocycles. The van der Waals surface area contributed by atoms with E-state index in [4.69, 9.17) is 4.98 Å². The summed E-state index contributed by atoms with van der Waals surface area (Å²) in [5.41, 5.74) is 4.77. The average Bonchev–Trinajstić information content (AvgIpc) is 3.36. The maximum absolute atomic E-state index is 12.4. The molecule has 0 spiro atoms. The van der Waals surface area contributed by atoms with Gasteiger partial charge in [0.05, 0.1) is 27.6 Å². The first kappa shape index (κ1) is 19.7. The van der Waals surface area contributed by atoms with Gasteiger partial charge >= 0.3 is 0 Å². The predicted octanol–water partition coefficient (Wildman–Crippen LogP) is 4.68. The van der Waals surface area contributed by atoms with Gasteiger partial charge in [-0.1, -0.05) is 17.8 Å². The molecule has 31 heavy (non-hydrogen) atoms. The van der Waals surface area contributed by atoms with Crippen LogP contribution in [0.25, 0.3) is 31.8 Å². The molecule has 5 aromatic rings. The molecule has 0 saturated carbocycles. The number of thioether (sulfide) groups is 1. The molecule has 5 rings (SSSR count). The van der Waals surface area contributed by atoms with E-state index in [0.717, 1.165) is 37.8 Å². The SMILES string of the molecule is Cc1ccc2nc(-c3ccc(NC(=O)CSc4ncnc5c4cnn5C)cc3)sc2c1. The van der Waals surface area contributed by atoms with Crippen molar-refractivity contribution in [2.75, 3.05) is 11.1 Å². The largest absolute Gasteiger partial charge is 0.325 e. The van der Waals surface area contributed by atoms with Crippen molar-refractivity contribution in [3.63, 3.8) is 0 Å². The van der Waals surface area contributed by atoms with Gasteiger partial charge in [0.1, 0.15) is 16.4 Å². The summed E-state index contributed by atoms with van der Waals surface area (Å²) in [6.45, 7) is 2.08. The first-order valence-electron chi connectivity index (χ1n) is 9.60. The lowest BCUT2D eigenvalue weighted by molar-refractivity contribution is -0.113. The van der Waals surface area contributed by atoms with Crippen LogP contribution in [0, 0.1) is 6.92 Å². The second-order valence-corrected chi connectivity index (χ2v) is 9.08. The van der Waals surface area contributed by atoms with Gasteiger partial charge in [-0.2, -0.15) is 5.10 Å². The van der Waals surface area contributed by atoms with E-state index in [1.54, 1.807) is 22.2 Å². The zero-order valence-electron chi connectivity index (χ0n) is 16.9. The fraction of sp³-hybridized carbons (Fsp3) is 0.136. The summed E-state index contributed by atoms with van der Waals surface area (Å²) in [5.74, 6) is 0.156. The standard InChI is InChI=1S/C22H18N6OS2/c1-13-3-8-17-18(9-13)31-21(27-17)14-4-6-15(7-5-14)26-19(29)11-30-22-16-10-25-28(2)20(16)23-12-24-22/h3-10,12H,11H2,1-2H3,(H,26,29). The number of nitrogens with zero attached hydrogens (tertiary/aromatic N) is 5. The number of fused-ring (bicyclic) bond motifs is 2. The molecule has 2 aromatic carbocycles. The molecular formula is C22H18N6OS2. The minimum Gasteiger partial charge on any atom is -0.325 e. The third kappa shape index (κ3) is 4.01. The fourth-order valence-corrected chi connectivity index (χ4v) is 5.07. The maximum Gasteiger partial charge on any atom is 0.234 e. The molecule has 0 atom stereocenters. The summed E-state index contributed by atoms with van der Waals surface area (Å²) in [5, 5.41) is 9.70. The summed E-state index contributed by atoms with van der Waals surface area (Å²) in [4.78, 5) is 25.6. The van der Waals surface area contributed by atoms with Crippen molar-refractivity contribution in [3.8, 4) is 10.6 Å². The van der Waals surface area contributed by atoms with Crippen LogP contribution in [0.4, 0.5) is 5.69 Å². The highest BCUT2D eigenvalue weighted by Crippen LogP contribution is 2.31. The van der Waals surface area contributed by atoms with Crippen LogP contribution in [0.1, 0.15) is 5.56 Å². The number of aryl methyl sites for hydroxylation is 2. The number of thiazole rings is 1. The summed E-state index contributed by atoms with van der Waals surface area (Å²) < 4.78 is 2.87. The Morgan fingerprint density at radius 2 is 2.00 bits per heavy atom. The van der Waals surface area contributed by atoms with E-state index in [2.05, 4.69) is 39.4 Å². The third-order valence-corrected chi connectivity index (χ3v) is 6.86. The first-order valence-corrected chi connectivity index (χ1v) is 11.4. The number of amides is 1. The Hall–Kier alpha value is -3.30. The molecule has 0 aliphatic carbocycles. The van der Waals surface area contributed by atoms with Crippen LogP contribution in [-0.4, -0.2) is 36.4 Å². The first-order chi connectivity index (χ1) is 15.1. The number of nitrogens with one attached hydrogen (secondary N) is 1. The van der Waals surface area contributed by atoms with Crippen molar-refractivity contribution in [2.24, 2.45) is 7.05 Å². The van der Waals surface area contributed by atoms with Gasteiger partial charge in [0.15, 0.2) is 5.65 Å². The third-order valence-electron chi connectivity index (χ3n) is 4.79. The van der Waals surface area contributed by atoms with Gasteiger partial charge in [-0.05, 0) is 48.9 Å². The summed E-state index contributed by atoms with van der Waals surface area (Å²) >= 11 is 3.04. The normalized spacial score (nSPS) is 11.3. The summed E-state index contributed by atoms with van der Waals surface area (Å²) in [6.07, 6.45) is 3.21. The van der Waals surface area contributed by atoms with E-state index < -0.39 is 0 Å². The molecule has 1 amide bonds. The highest BCUT2D eigenvalue weighted by Gasteiger charge is 2.11. The van der Waals surface area contributed by atoms with Crippen molar-refractivity contribution in [3.05, 3.63) is 60.6 Å². The van der Waals surface area contributed by atoms with Gasteiger partial charge in [0.25, 0.3) is 0 Å². The van der Waals surface area contributed by atoms with E-state index in [-0.39, 0.29) is 11.7 Å². The Morgan fingerprint density at radius 1 is 1.16 bits per heavy atom. The molecule has 1 N–H and O–H groups in total. The molecule has 3 aromatic heterocycles. The molecule has 9 heteroatoms. The van der Waals surface area contributed by atoms with Crippen LogP contribution in [0.2, 0.25) is 0 Å². The fourth-order valence-electron chi connectivity index (χ4n) is 3.24. The van der Waals surface area contributed by atoms with E-state index >= 15 is 0 Å². The number of benzene rings is 2. The van der Waals surface area contributed by atoms with Crippen LogP contribution in [0.15, 0.2) is 60.0 Å². The smallest absolute Gasteiger partial charge is 0.234 e. The van der Waals surface area contributed by atoms with Crippen molar-refractivity contribution in [1.29, 1.82) is 0 Å². The lowest BCUT2D eigenvalue weighted by Gasteiger charge is -2.06. The van der Waals surface area contributed by atoms with E-state index in [0.29, 0.717) is 0 Å². The van der Waals surface area contributed by atoms with E-state index in [9.17, 15) is 4.79 Å². The van der Waals surface area contributed by atoms with Gasteiger partial charge in [-0.3, -0.25) is 9.48 Å². The number of anilines is 1. The Morgan fingerprint density at radius 3 is 2.84 bits per heavy atom. The molecule has 0 fully saturated rings. The maximum atomic E-state index is 12.4. The highest BCUT2D eigenvalue weighted by atomic mass is 32.2. The lowest BCUT2D eigenvalue weighted by Crippen LogP contribution is -2.14. The Labute approximate surface area is 186 Å². The highest BCUT2D eigenvalue weighted by molar-refractivity contribution is 8.00. The van der Waals surface area contributed by atoms with Crippen molar-refractivity contribution in [1.82, 2.24) is 24.7 Å². The molecule has 154 valence electrons. The molecular weight excluding hydrogens is 428 g/mol. The zero-order valence-corrected chi connectivity index (χ0v) is 18.5. The number of hydrogen-bond acceptors (Lipinski definition) is 7. The Kier molecular flexibility index (Phi) is 5.13. The van der Waals surface area contributed by atoms with Crippen molar-refractivity contribution in [2.45, 2.75) is 11.9 Å². The van der Waals surface area contributed by atoms with Gasteiger partial charge in [-0.15, -0.1) is 11.3 Å². The molecule has 0 aliphatic rings. The minimum atomic E-state index is -0.0936. The average molecular weight is 447 g/mol. The molecule has 0 bridgehead atoms. The van der Waals surface area contributed by atoms with Gasteiger partial charge in [0, 0.05) is 18.3 Å².